The van der Waals surface area contributed by atoms with Crippen LogP contribution >= 0.6 is 0 Å². The lowest BCUT2D eigenvalue weighted by atomic mass is 10.2. The van der Waals surface area contributed by atoms with Gasteiger partial charge in [0.15, 0.2) is 18.6 Å². The molecule has 98 valence electrons. The molecule has 0 N–H and O–H groups in total. The summed E-state index contributed by atoms with van der Waals surface area (Å²) in [6, 6.07) is 13.5. The Balaban J connectivity index is 2.24. The monoisotopic (exact) mass is 269 g/mol. The van der Waals surface area contributed by atoms with E-state index < -0.39 is 8.07 Å². The van der Waals surface area contributed by atoms with Crippen LogP contribution in [0.25, 0.3) is 12.0 Å². The second-order valence-corrected chi connectivity index (χ2v) is 10.7. The van der Waals surface area contributed by atoms with Gasteiger partial charge in [-0.2, -0.15) is 4.57 Å². The van der Waals surface area contributed by atoms with E-state index in [0.717, 1.165) is 0 Å². The summed E-state index contributed by atoms with van der Waals surface area (Å²) < 4.78 is 1.82. The third kappa shape index (κ3) is 3.55. The minimum Gasteiger partial charge on any atom is -0.868 e. The van der Waals surface area contributed by atoms with Crippen molar-refractivity contribution in [2.75, 3.05) is 0 Å². The minimum atomic E-state index is -1.27. The van der Waals surface area contributed by atoms with Gasteiger partial charge in [-0.05, 0) is 16.5 Å². The number of hydrogen-bond donors (Lipinski definition) is 0. The molecular weight excluding hydrogens is 250 g/mol. The molecule has 0 aliphatic rings. The van der Waals surface area contributed by atoms with E-state index in [-0.39, 0.29) is 5.76 Å². The molecule has 0 fully saturated rings. The summed E-state index contributed by atoms with van der Waals surface area (Å²) in [7, 11) is -1.27. The molecule has 1 heterocycles. The molecule has 1 aromatic carbocycles. The van der Waals surface area contributed by atoms with Crippen LogP contribution in [0.2, 0.25) is 19.6 Å². The normalized spacial score (nSPS) is 12.5. The highest BCUT2D eigenvalue weighted by Crippen LogP contribution is 2.06. The van der Waals surface area contributed by atoms with E-state index in [4.69, 9.17) is 0 Å². The van der Waals surface area contributed by atoms with Crippen molar-refractivity contribution in [3.8, 4) is 0 Å². The van der Waals surface area contributed by atoms with Crippen LogP contribution < -0.4 is 14.9 Å². The maximum absolute atomic E-state index is 12.0. The van der Waals surface area contributed by atoms with Gasteiger partial charge in [0.2, 0.25) is 0 Å². The zero-order valence-corrected chi connectivity index (χ0v) is 12.6. The smallest absolute Gasteiger partial charge is 0.174 e. The van der Waals surface area contributed by atoms with Gasteiger partial charge < -0.3 is 5.11 Å². The predicted octanol–water partition coefficient (Wildman–Crippen LogP) is 1.84. The van der Waals surface area contributed by atoms with Crippen LogP contribution in [0.1, 0.15) is 5.56 Å². The molecule has 19 heavy (non-hydrogen) atoms. The van der Waals surface area contributed by atoms with Crippen LogP contribution in [0.4, 0.5) is 0 Å². The fourth-order valence-corrected chi connectivity index (χ4v) is 2.99. The zero-order valence-electron chi connectivity index (χ0n) is 11.6. The lowest BCUT2D eigenvalue weighted by molar-refractivity contribution is -0.569. The fourth-order valence-electron chi connectivity index (χ4n) is 1.84. The number of benzene rings is 1. The van der Waals surface area contributed by atoms with Crippen LogP contribution in [0.3, 0.4) is 0 Å². The Kier molecular flexibility index (Phi) is 3.86. The van der Waals surface area contributed by atoms with Crippen LogP contribution in [-0.2, 0) is 0 Å². The van der Waals surface area contributed by atoms with Gasteiger partial charge in [0.1, 0.15) is 0 Å². The molecule has 0 spiro atoms. The second-order valence-electron chi connectivity index (χ2n) is 5.64. The molecule has 0 bridgehead atoms. The molecular formula is C16H19NOSi. The van der Waals surface area contributed by atoms with E-state index in [1.807, 2.05) is 47.3 Å². The van der Waals surface area contributed by atoms with E-state index in [0.29, 0.717) is 5.56 Å². The first-order valence-corrected chi connectivity index (χ1v) is 9.92. The van der Waals surface area contributed by atoms with Crippen molar-refractivity contribution in [3.05, 3.63) is 60.4 Å². The number of aromatic nitrogens is 1. The van der Waals surface area contributed by atoms with Gasteiger partial charge in [-0.15, -0.1) is 0 Å². The van der Waals surface area contributed by atoms with E-state index in [1.165, 1.54) is 5.19 Å². The van der Waals surface area contributed by atoms with E-state index in [2.05, 4.69) is 31.8 Å². The van der Waals surface area contributed by atoms with Crippen molar-refractivity contribution in [2.24, 2.45) is 0 Å². The van der Waals surface area contributed by atoms with Gasteiger partial charge in [0.25, 0.3) is 0 Å². The molecule has 0 unspecified atom stereocenters. The lowest BCUT2D eigenvalue weighted by Gasteiger charge is -2.15. The summed E-state index contributed by atoms with van der Waals surface area (Å²) in [5, 5.41) is 13.4. The number of pyridine rings is 1. The Hall–Kier alpha value is -1.87. The second kappa shape index (κ2) is 5.41. The highest BCUT2D eigenvalue weighted by atomic mass is 28.3. The summed E-state index contributed by atoms with van der Waals surface area (Å²) in [4.78, 5) is 0. The number of rotatable bonds is 3. The highest BCUT2D eigenvalue weighted by molar-refractivity contribution is 6.88. The third-order valence-electron chi connectivity index (χ3n) is 3.04. The SMILES string of the molecule is C[Si](C)(C)c1cc[n+](/C=C(/[O-])c2ccccc2)cc1. The van der Waals surface area contributed by atoms with E-state index in [1.54, 1.807) is 6.20 Å². The average molecular weight is 269 g/mol. The molecule has 0 radical (unpaired) electrons. The van der Waals surface area contributed by atoms with Crippen LogP contribution in [-0.4, -0.2) is 8.07 Å². The van der Waals surface area contributed by atoms with Gasteiger partial charge in [-0.25, -0.2) is 0 Å². The lowest BCUT2D eigenvalue weighted by Crippen LogP contribution is -2.40. The molecule has 0 atom stereocenters. The van der Waals surface area contributed by atoms with Crippen molar-refractivity contribution in [1.82, 2.24) is 0 Å². The van der Waals surface area contributed by atoms with Crippen LogP contribution in [0.15, 0.2) is 54.9 Å². The summed E-state index contributed by atoms with van der Waals surface area (Å²) >= 11 is 0. The van der Waals surface area contributed by atoms with Crippen molar-refractivity contribution in [3.63, 3.8) is 0 Å². The standard InChI is InChI=1S/C16H19NOSi/c1-19(2,3)15-9-11-17(12-10-15)13-16(18)14-7-5-4-6-8-14/h4-13H,1-3H3/b16-13+. The maximum Gasteiger partial charge on any atom is 0.174 e. The maximum atomic E-state index is 12.0. The third-order valence-corrected chi connectivity index (χ3v) is 5.11. The Morgan fingerprint density at radius 1 is 1.00 bits per heavy atom. The van der Waals surface area contributed by atoms with Gasteiger partial charge >= 0.3 is 0 Å². The molecule has 0 amide bonds. The molecule has 3 heteroatoms. The highest BCUT2D eigenvalue weighted by Gasteiger charge is 2.16. The van der Waals surface area contributed by atoms with Crippen molar-refractivity contribution in [1.29, 1.82) is 0 Å². The Bertz CT molecular complexity index is 568. The van der Waals surface area contributed by atoms with Crippen molar-refractivity contribution < 1.29 is 9.67 Å². The Morgan fingerprint density at radius 2 is 1.58 bits per heavy atom. The molecule has 2 rings (SSSR count). The number of nitrogens with zero attached hydrogens (tertiary/aromatic N) is 1. The average Bonchev–Trinajstić information content (AvgIpc) is 2.39. The summed E-state index contributed by atoms with van der Waals surface area (Å²) in [5.41, 5.74) is 0.712. The first-order chi connectivity index (χ1) is 8.97. The Labute approximate surface area is 115 Å². The summed E-state index contributed by atoms with van der Waals surface area (Å²) in [5.74, 6) is 0.0198. The van der Waals surface area contributed by atoms with Crippen LogP contribution in [0, 0.1) is 0 Å². The predicted molar refractivity (Wildman–Crippen MR) is 80.2 cm³/mol. The van der Waals surface area contributed by atoms with Crippen molar-refractivity contribution >= 4 is 25.2 Å². The van der Waals surface area contributed by atoms with Gasteiger partial charge in [-0.3, -0.25) is 0 Å². The van der Waals surface area contributed by atoms with E-state index >= 15 is 0 Å². The van der Waals surface area contributed by atoms with E-state index in [9.17, 15) is 5.11 Å². The molecule has 0 saturated carbocycles. The molecule has 2 nitrogen and oxygen atoms in total. The zero-order chi connectivity index (χ0) is 13.9. The number of hydrogen-bond acceptors (Lipinski definition) is 1. The van der Waals surface area contributed by atoms with Gasteiger partial charge in [-0.1, -0.05) is 50.0 Å². The largest absolute Gasteiger partial charge is 0.868 e. The van der Waals surface area contributed by atoms with Gasteiger partial charge in [0.05, 0.1) is 8.07 Å². The molecule has 0 saturated heterocycles. The molecule has 2 aromatic rings. The fraction of sp³-hybridized carbons (Fsp3) is 0.188. The topological polar surface area (TPSA) is 26.9 Å². The molecule has 0 aliphatic heterocycles. The first kappa shape index (κ1) is 13.6. The minimum absolute atomic E-state index is 0.0198. The first-order valence-electron chi connectivity index (χ1n) is 6.42. The Morgan fingerprint density at radius 3 is 2.11 bits per heavy atom. The quantitative estimate of drug-likeness (QED) is 0.474. The van der Waals surface area contributed by atoms with Crippen LogP contribution in [0.5, 0.6) is 0 Å². The molecule has 1 aromatic heterocycles. The summed E-state index contributed by atoms with van der Waals surface area (Å²) in [6.07, 6.45) is 5.52. The molecule has 0 aliphatic carbocycles. The van der Waals surface area contributed by atoms with Crippen molar-refractivity contribution in [2.45, 2.75) is 19.6 Å². The van der Waals surface area contributed by atoms with Gasteiger partial charge in [0, 0.05) is 12.1 Å². The summed E-state index contributed by atoms with van der Waals surface area (Å²) in [6.45, 7) is 6.93.